The fourth-order valence-electron chi connectivity index (χ4n) is 4.85. The number of carbonyl (C=O) groups excluding carboxylic acids is 2. The number of nitrogens with zero attached hydrogens (tertiary/aromatic N) is 3. The standard InChI is InChI=1S/C26H33FN4O4/c1-34-21-8-9-24(35-2)22(16-21)23-7-4-10-31(23)26(33)18-30-13-11-29(12-14-30)17-25(32)28-20-6-3-5-19(27)15-20/h3,5-6,8-9,15-16,23H,4,7,10-14,17-18H2,1-2H3,(H,28,32). The van der Waals surface area contributed by atoms with Crippen LogP contribution in [0.5, 0.6) is 11.5 Å². The van der Waals surface area contributed by atoms with Crippen LogP contribution in [0, 0.1) is 5.82 Å². The normalized spacial score (nSPS) is 18.9. The van der Waals surface area contributed by atoms with Gasteiger partial charge in [0, 0.05) is 44.0 Å². The van der Waals surface area contributed by atoms with Gasteiger partial charge >= 0.3 is 0 Å². The number of ether oxygens (including phenoxy) is 2. The SMILES string of the molecule is COc1ccc(OC)c(C2CCCN2C(=O)CN2CCN(CC(=O)Nc3cccc(F)c3)CC2)c1. The molecule has 0 aromatic heterocycles. The number of amides is 2. The number of methoxy groups -OCH3 is 2. The molecule has 2 fully saturated rings. The number of hydrogen-bond donors (Lipinski definition) is 1. The van der Waals surface area contributed by atoms with Gasteiger partial charge in [-0.1, -0.05) is 6.07 Å². The topological polar surface area (TPSA) is 74.4 Å². The highest BCUT2D eigenvalue weighted by Crippen LogP contribution is 2.39. The van der Waals surface area contributed by atoms with Gasteiger partial charge in [-0.05, 0) is 49.2 Å². The Hall–Kier alpha value is -3.17. The lowest BCUT2D eigenvalue weighted by Gasteiger charge is -2.35. The lowest BCUT2D eigenvalue weighted by molar-refractivity contribution is -0.134. The van der Waals surface area contributed by atoms with Crippen molar-refractivity contribution in [1.82, 2.24) is 14.7 Å². The highest BCUT2D eigenvalue weighted by Gasteiger charge is 2.33. The third-order valence-corrected chi connectivity index (χ3v) is 6.67. The molecule has 0 radical (unpaired) electrons. The van der Waals surface area contributed by atoms with Crippen LogP contribution in [0.15, 0.2) is 42.5 Å². The van der Waals surface area contributed by atoms with Crippen molar-refractivity contribution in [3.63, 3.8) is 0 Å². The summed E-state index contributed by atoms with van der Waals surface area (Å²) >= 11 is 0. The second-order valence-corrected chi connectivity index (χ2v) is 8.96. The average Bonchev–Trinajstić information content (AvgIpc) is 3.35. The first-order chi connectivity index (χ1) is 17.0. The lowest BCUT2D eigenvalue weighted by atomic mass is 10.0. The van der Waals surface area contributed by atoms with E-state index in [0.717, 1.165) is 36.4 Å². The Balaban J connectivity index is 1.28. The molecule has 0 bridgehead atoms. The number of piperazine rings is 1. The van der Waals surface area contributed by atoms with E-state index in [1.165, 1.54) is 12.1 Å². The van der Waals surface area contributed by atoms with E-state index in [0.29, 0.717) is 38.4 Å². The summed E-state index contributed by atoms with van der Waals surface area (Å²) in [4.78, 5) is 31.7. The fourth-order valence-corrected chi connectivity index (χ4v) is 4.85. The van der Waals surface area contributed by atoms with Gasteiger partial charge in [0.15, 0.2) is 0 Å². The summed E-state index contributed by atoms with van der Waals surface area (Å²) in [6.07, 6.45) is 1.84. The van der Waals surface area contributed by atoms with Gasteiger partial charge in [0.2, 0.25) is 11.8 Å². The van der Waals surface area contributed by atoms with E-state index in [2.05, 4.69) is 15.1 Å². The molecule has 4 rings (SSSR count). The van der Waals surface area contributed by atoms with E-state index >= 15 is 0 Å². The molecule has 2 aliphatic heterocycles. The van der Waals surface area contributed by atoms with Crippen LogP contribution in [-0.4, -0.2) is 86.5 Å². The van der Waals surface area contributed by atoms with Crippen LogP contribution >= 0.6 is 0 Å². The van der Waals surface area contributed by atoms with Gasteiger partial charge in [-0.25, -0.2) is 4.39 Å². The van der Waals surface area contributed by atoms with Crippen molar-refractivity contribution in [3.8, 4) is 11.5 Å². The molecule has 35 heavy (non-hydrogen) atoms. The molecule has 2 aromatic rings. The molecule has 0 aliphatic carbocycles. The van der Waals surface area contributed by atoms with E-state index < -0.39 is 0 Å². The lowest BCUT2D eigenvalue weighted by Crippen LogP contribution is -2.51. The van der Waals surface area contributed by atoms with E-state index in [4.69, 9.17) is 9.47 Å². The summed E-state index contributed by atoms with van der Waals surface area (Å²) in [6, 6.07) is 11.6. The summed E-state index contributed by atoms with van der Waals surface area (Å²) in [6.45, 7) is 4.12. The van der Waals surface area contributed by atoms with Crippen LogP contribution in [0.4, 0.5) is 10.1 Å². The Morgan fingerprint density at radius 3 is 2.40 bits per heavy atom. The number of carbonyl (C=O) groups is 2. The monoisotopic (exact) mass is 484 g/mol. The Bertz CT molecular complexity index is 1040. The molecule has 8 nitrogen and oxygen atoms in total. The van der Waals surface area contributed by atoms with Crippen molar-refractivity contribution < 1.29 is 23.5 Å². The Labute approximate surface area is 205 Å². The van der Waals surface area contributed by atoms with E-state index in [-0.39, 0.29) is 30.2 Å². The molecule has 2 aromatic carbocycles. The van der Waals surface area contributed by atoms with Crippen LogP contribution in [0.3, 0.4) is 0 Å². The van der Waals surface area contributed by atoms with E-state index in [1.807, 2.05) is 23.1 Å². The third-order valence-electron chi connectivity index (χ3n) is 6.67. The van der Waals surface area contributed by atoms with Gasteiger partial charge in [0.25, 0.3) is 0 Å². The highest BCUT2D eigenvalue weighted by molar-refractivity contribution is 5.92. The minimum absolute atomic E-state index is 0.0274. The smallest absolute Gasteiger partial charge is 0.238 e. The zero-order valence-electron chi connectivity index (χ0n) is 20.3. The van der Waals surface area contributed by atoms with Crippen LogP contribution in [-0.2, 0) is 9.59 Å². The van der Waals surface area contributed by atoms with Crippen molar-refractivity contribution in [2.24, 2.45) is 0 Å². The molecule has 2 heterocycles. The van der Waals surface area contributed by atoms with E-state index in [1.54, 1.807) is 26.4 Å². The minimum Gasteiger partial charge on any atom is -0.497 e. The van der Waals surface area contributed by atoms with Gasteiger partial charge in [-0.3, -0.25) is 19.4 Å². The van der Waals surface area contributed by atoms with Crippen LogP contribution in [0.2, 0.25) is 0 Å². The second-order valence-electron chi connectivity index (χ2n) is 8.96. The maximum absolute atomic E-state index is 13.3. The predicted molar refractivity (Wildman–Crippen MR) is 131 cm³/mol. The Morgan fingerprint density at radius 2 is 1.71 bits per heavy atom. The number of anilines is 1. The van der Waals surface area contributed by atoms with Crippen molar-refractivity contribution in [1.29, 1.82) is 0 Å². The molecule has 0 saturated carbocycles. The molecule has 2 aliphatic rings. The Morgan fingerprint density at radius 1 is 0.971 bits per heavy atom. The number of halogens is 1. The van der Waals surface area contributed by atoms with Crippen molar-refractivity contribution >= 4 is 17.5 Å². The van der Waals surface area contributed by atoms with Gasteiger partial charge in [0.05, 0.1) is 33.4 Å². The molecule has 9 heteroatoms. The fraction of sp³-hybridized carbons (Fsp3) is 0.462. The van der Waals surface area contributed by atoms with Gasteiger partial charge in [0.1, 0.15) is 17.3 Å². The number of rotatable bonds is 8. The van der Waals surface area contributed by atoms with E-state index in [9.17, 15) is 14.0 Å². The Kier molecular flexibility index (Phi) is 8.20. The highest BCUT2D eigenvalue weighted by atomic mass is 19.1. The molecule has 2 amide bonds. The van der Waals surface area contributed by atoms with Gasteiger partial charge < -0.3 is 19.7 Å². The summed E-state index contributed by atoms with van der Waals surface area (Å²) in [5, 5.41) is 2.73. The number of benzene rings is 2. The average molecular weight is 485 g/mol. The first-order valence-corrected chi connectivity index (χ1v) is 12.0. The quantitative estimate of drug-likeness (QED) is 0.621. The largest absolute Gasteiger partial charge is 0.497 e. The minimum atomic E-state index is -0.383. The first kappa shape index (κ1) is 24.9. The van der Waals surface area contributed by atoms with Crippen molar-refractivity contribution in [3.05, 3.63) is 53.8 Å². The molecular weight excluding hydrogens is 451 g/mol. The summed E-state index contributed by atoms with van der Waals surface area (Å²) in [5.74, 6) is 1.06. The van der Waals surface area contributed by atoms with Gasteiger partial charge in [-0.15, -0.1) is 0 Å². The molecule has 1 unspecified atom stereocenters. The zero-order valence-corrected chi connectivity index (χ0v) is 20.3. The molecular formula is C26H33FN4O4. The number of hydrogen-bond acceptors (Lipinski definition) is 6. The maximum Gasteiger partial charge on any atom is 0.238 e. The second kappa shape index (κ2) is 11.5. The van der Waals surface area contributed by atoms with Crippen LogP contribution < -0.4 is 14.8 Å². The molecule has 2 saturated heterocycles. The predicted octanol–water partition coefficient (Wildman–Crippen LogP) is 2.76. The maximum atomic E-state index is 13.3. The summed E-state index contributed by atoms with van der Waals surface area (Å²) in [7, 11) is 3.28. The molecule has 0 spiro atoms. The third kappa shape index (κ3) is 6.29. The molecule has 1 N–H and O–H groups in total. The first-order valence-electron chi connectivity index (χ1n) is 12.0. The summed E-state index contributed by atoms with van der Waals surface area (Å²) in [5.41, 5.74) is 1.43. The van der Waals surface area contributed by atoms with Crippen LogP contribution in [0.1, 0.15) is 24.4 Å². The molecule has 1 atom stereocenters. The summed E-state index contributed by atoms with van der Waals surface area (Å²) < 4.78 is 24.3. The van der Waals surface area contributed by atoms with Crippen LogP contribution in [0.25, 0.3) is 0 Å². The number of nitrogens with one attached hydrogen (secondary N) is 1. The zero-order chi connectivity index (χ0) is 24.8. The molecule has 188 valence electrons. The van der Waals surface area contributed by atoms with Crippen molar-refractivity contribution in [2.75, 3.05) is 65.3 Å². The van der Waals surface area contributed by atoms with Crippen molar-refractivity contribution in [2.45, 2.75) is 18.9 Å². The number of likely N-dealkylation sites (tertiary alicyclic amines) is 1. The van der Waals surface area contributed by atoms with Gasteiger partial charge in [-0.2, -0.15) is 0 Å².